The maximum Gasteiger partial charge on any atom is 0.259 e. The van der Waals surface area contributed by atoms with Gasteiger partial charge in [0.1, 0.15) is 41.0 Å². The molecule has 11 heteroatoms. The van der Waals surface area contributed by atoms with Crippen LogP contribution in [-0.4, -0.2) is 72.7 Å². The number of H-pyrrole nitrogens is 1. The van der Waals surface area contributed by atoms with Crippen LogP contribution in [-0.2, 0) is 0 Å². The van der Waals surface area contributed by atoms with Crippen molar-refractivity contribution in [3.63, 3.8) is 0 Å². The standard InChI is InChI=1S/C24H21F3N7O/c25-15-7-19(26)21(20(27)8-15)24(35)32-5-2-16(3-6-32)33-11-17(12-33)34-10-14(9-31-34)22-18-1-4-28-23(18)30-13-29-22/h1,4,7-10,13,16H,2-3,5-6,11-12H2,(H,28,29,30). The molecule has 35 heavy (non-hydrogen) atoms. The minimum atomic E-state index is -1.17. The van der Waals surface area contributed by atoms with Gasteiger partial charge in [0.15, 0.2) is 0 Å². The average molecular weight is 480 g/mol. The zero-order valence-corrected chi connectivity index (χ0v) is 18.6. The van der Waals surface area contributed by atoms with E-state index < -0.39 is 28.9 Å². The van der Waals surface area contributed by atoms with Crippen LogP contribution in [0.1, 0.15) is 23.2 Å². The molecule has 0 saturated carbocycles. The van der Waals surface area contributed by atoms with Gasteiger partial charge >= 0.3 is 0 Å². The maximum atomic E-state index is 14.0. The van der Waals surface area contributed by atoms with E-state index in [4.69, 9.17) is 0 Å². The van der Waals surface area contributed by atoms with E-state index in [1.807, 2.05) is 23.1 Å². The second kappa shape index (κ2) is 8.49. The van der Waals surface area contributed by atoms with Crippen LogP contribution in [0.25, 0.3) is 22.3 Å². The Balaban J connectivity index is 1.06. The van der Waals surface area contributed by atoms with Crippen LogP contribution in [0.15, 0.2) is 43.1 Å². The number of carbonyl (C=O) groups is 1. The highest BCUT2D eigenvalue weighted by atomic mass is 19.1. The summed E-state index contributed by atoms with van der Waals surface area (Å²) in [6.07, 6.45) is 8.51. The van der Waals surface area contributed by atoms with Gasteiger partial charge in [-0.15, -0.1) is 0 Å². The second-order valence-electron chi connectivity index (χ2n) is 8.87. The van der Waals surface area contributed by atoms with E-state index in [1.165, 1.54) is 11.2 Å². The van der Waals surface area contributed by atoms with Gasteiger partial charge in [-0.05, 0) is 18.9 Å². The minimum Gasteiger partial charge on any atom is -0.346 e. The number of likely N-dealkylation sites (tertiary alicyclic amines) is 2. The van der Waals surface area contributed by atoms with Gasteiger partial charge in [0.25, 0.3) is 5.91 Å². The molecule has 1 radical (unpaired) electrons. The summed E-state index contributed by atoms with van der Waals surface area (Å²) in [6.45, 7) is 2.28. The summed E-state index contributed by atoms with van der Waals surface area (Å²) in [4.78, 5) is 28.1. The molecule has 0 bridgehead atoms. The van der Waals surface area contributed by atoms with Crippen molar-refractivity contribution in [3.05, 3.63) is 72.2 Å². The Bertz CT molecular complexity index is 1380. The van der Waals surface area contributed by atoms with Crippen molar-refractivity contribution in [2.75, 3.05) is 26.2 Å². The molecule has 2 fully saturated rings. The summed E-state index contributed by atoms with van der Waals surface area (Å²) in [5.74, 6) is -4.12. The van der Waals surface area contributed by atoms with Gasteiger partial charge in [-0.25, -0.2) is 23.1 Å². The number of aromatic nitrogens is 5. The number of hydrogen-bond acceptors (Lipinski definition) is 5. The second-order valence-corrected chi connectivity index (χ2v) is 8.87. The van der Waals surface area contributed by atoms with Crippen LogP contribution in [0.3, 0.4) is 0 Å². The maximum absolute atomic E-state index is 14.0. The molecule has 0 unspecified atom stereocenters. The molecule has 5 heterocycles. The van der Waals surface area contributed by atoms with Crippen molar-refractivity contribution in [1.82, 2.24) is 34.5 Å². The lowest BCUT2D eigenvalue weighted by atomic mass is 9.97. The van der Waals surface area contributed by atoms with Crippen LogP contribution >= 0.6 is 0 Å². The van der Waals surface area contributed by atoms with Crippen molar-refractivity contribution in [2.24, 2.45) is 0 Å². The molecule has 8 nitrogen and oxygen atoms in total. The number of amides is 1. The SMILES string of the molecule is O=C(c1c(F)cc(F)cc1F)N1CCC(N2C[C](n3cc(-c4ncnc5[nH]ccc45)cn3)C2)CC1. The fourth-order valence-corrected chi connectivity index (χ4v) is 4.88. The van der Waals surface area contributed by atoms with Gasteiger partial charge < -0.3 is 9.88 Å². The van der Waals surface area contributed by atoms with Crippen molar-refractivity contribution < 1.29 is 18.0 Å². The van der Waals surface area contributed by atoms with Crippen LogP contribution < -0.4 is 0 Å². The lowest BCUT2D eigenvalue weighted by molar-refractivity contribution is 0.0508. The molecule has 0 atom stereocenters. The van der Waals surface area contributed by atoms with Gasteiger partial charge in [-0.1, -0.05) is 0 Å². The van der Waals surface area contributed by atoms with Crippen LogP contribution in [0, 0.1) is 23.5 Å². The van der Waals surface area contributed by atoms with Crippen LogP contribution in [0.4, 0.5) is 13.2 Å². The number of nitrogens with zero attached hydrogens (tertiary/aromatic N) is 6. The van der Waals surface area contributed by atoms with Crippen molar-refractivity contribution in [1.29, 1.82) is 0 Å². The highest BCUT2D eigenvalue weighted by Crippen LogP contribution is 2.30. The number of nitrogens with one attached hydrogen (secondary N) is 1. The number of hydrogen-bond donors (Lipinski definition) is 1. The predicted molar refractivity (Wildman–Crippen MR) is 121 cm³/mol. The molecule has 2 aliphatic heterocycles. The Hall–Kier alpha value is -3.73. The molecule has 2 saturated heterocycles. The monoisotopic (exact) mass is 480 g/mol. The molecule has 2 aliphatic rings. The Morgan fingerprint density at radius 3 is 2.54 bits per heavy atom. The molecule has 1 aromatic carbocycles. The molecular formula is C24H21F3N7O. The number of piperidine rings is 1. The van der Waals surface area contributed by atoms with Crippen LogP contribution in [0.2, 0.25) is 0 Å². The number of rotatable bonds is 4. The molecule has 1 amide bonds. The number of aromatic amines is 1. The number of carbonyl (C=O) groups excluding carboxylic acids is 1. The van der Waals surface area contributed by atoms with Crippen molar-refractivity contribution >= 4 is 16.9 Å². The third-order valence-corrected chi connectivity index (χ3v) is 6.79. The first kappa shape index (κ1) is 21.8. The Morgan fingerprint density at radius 1 is 1.06 bits per heavy atom. The summed E-state index contributed by atoms with van der Waals surface area (Å²) < 4.78 is 43.1. The lowest BCUT2D eigenvalue weighted by Gasteiger charge is -2.46. The van der Waals surface area contributed by atoms with Crippen molar-refractivity contribution in [3.8, 4) is 11.3 Å². The quantitative estimate of drug-likeness (QED) is 0.485. The molecule has 4 aromatic rings. The molecule has 179 valence electrons. The Kier molecular flexibility index (Phi) is 5.28. The highest BCUT2D eigenvalue weighted by molar-refractivity contribution is 5.95. The zero-order valence-electron chi connectivity index (χ0n) is 18.6. The zero-order chi connectivity index (χ0) is 24.1. The molecular weight excluding hydrogens is 459 g/mol. The summed E-state index contributed by atoms with van der Waals surface area (Å²) in [6, 6.07) is 4.43. The van der Waals surface area contributed by atoms with Gasteiger partial charge in [-0.3, -0.25) is 14.4 Å². The average Bonchev–Trinajstić information content (AvgIpc) is 3.47. The predicted octanol–water partition coefficient (Wildman–Crippen LogP) is 3.24. The molecule has 0 aliphatic carbocycles. The minimum absolute atomic E-state index is 0.266. The summed E-state index contributed by atoms with van der Waals surface area (Å²) in [5.41, 5.74) is 1.82. The van der Waals surface area contributed by atoms with E-state index >= 15 is 0 Å². The van der Waals surface area contributed by atoms with E-state index in [-0.39, 0.29) is 6.04 Å². The largest absolute Gasteiger partial charge is 0.346 e. The first-order chi connectivity index (χ1) is 17.0. The molecule has 3 aromatic heterocycles. The topological polar surface area (TPSA) is 82.9 Å². The molecule has 6 rings (SSSR count). The van der Waals surface area contributed by atoms with E-state index in [9.17, 15) is 18.0 Å². The Labute approximate surface area is 198 Å². The van der Waals surface area contributed by atoms with Crippen molar-refractivity contribution in [2.45, 2.75) is 18.9 Å². The summed E-state index contributed by atoms with van der Waals surface area (Å²) in [5, 5.41) is 5.45. The normalized spacial score (nSPS) is 17.7. The lowest BCUT2D eigenvalue weighted by Crippen LogP contribution is -2.56. The van der Waals surface area contributed by atoms with Gasteiger partial charge in [0, 0.05) is 67.7 Å². The van der Waals surface area contributed by atoms with E-state index in [1.54, 1.807) is 6.20 Å². The first-order valence-corrected chi connectivity index (χ1v) is 11.3. The summed E-state index contributed by atoms with van der Waals surface area (Å²) in [7, 11) is 0. The third kappa shape index (κ3) is 3.85. The van der Waals surface area contributed by atoms with Gasteiger partial charge in [0.2, 0.25) is 0 Å². The van der Waals surface area contributed by atoms with E-state index in [0.717, 1.165) is 41.4 Å². The van der Waals surface area contributed by atoms with Gasteiger partial charge in [-0.2, -0.15) is 5.10 Å². The Morgan fingerprint density at radius 2 is 1.80 bits per heavy atom. The molecule has 0 spiro atoms. The fourth-order valence-electron chi connectivity index (χ4n) is 4.88. The molecule has 1 N–H and O–H groups in total. The summed E-state index contributed by atoms with van der Waals surface area (Å²) >= 11 is 0. The third-order valence-electron chi connectivity index (χ3n) is 6.79. The number of halogens is 3. The first-order valence-electron chi connectivity index (χ1n) is 11.3. The van der Waals surface area contributed by atoms with Crippen LogP contribution in [0.5, 0.6) is 0 Å². The number of fused-ring (bicyclic) bond motifs is 1. The smallest absolute Gasteiger partial charge is 0.259 e. The van der Waals surface area contributed by atoms with Gasteiger partial charge in [0.05, 0.1) is 11.9 Å². The number of benzene rings is 1. The fraction of sp³-hybridized carbons (Fsp3) is 0.292. The van der Waals surface area contributed by atoms with E-state index in [0.29, 0.717) is 38.1 Å². The highest BCUT2D eigenvalue weighted by Gasteiger charge is 2.37. The van der Waals surface area contributed by atoms with E-state index in [2.05, 4.69) is 25.0 Å².